The predicted molar refractivity (Wildman–Crippen MR) is 125 cm³/mol. The summed E-state index contributed by atoms with van der Waals surface area (Å²) in [6, 6.07) is 16.7. The molecule has 0 aliphatic heterocycles. The molecule has 0 heterocycles. The van der Waals surface area contributed by atoms with E-state index in [-0.39, 0.29) is 40.6 Å². The fraction of sp³-hybridized carbons (Fsp3) is 0.185. The van der Waals surface area contributed by atoms with Gasteiger partial charge in [-0.25, -0.2) is 4.79 Å². The van der Waals surface area contributed by atoms with E-state index in [2.05, 4.69) is 5.32 Å². The van der Waals surface area contributed by atoms with Crippen LogP contribution in [0.2, 0.25) is 0 Å². The zero-order valence-electron chi connectivity index (χ0n) is 19.0. The van der Waals surface area contributed by atoms with E-state index in [1.54, 1.807) is 42.5 Å². The van der Waals surface area contributed by atoms with Crippen LogP contribution in [0.4, 0.5) is 5.69 Å². The van der Waals surface area contributed by atoms with E-state index in [1.807, 2.05) is 26.0 Å². The van der Waals surface area contributed by atoms with Crippen molar-refractivity contribution in [3.8, 4) is 5.75 Å². The molecule has 3 aromatic rings. The molecule has 1 aliphatic rings. The minimum atomic E-state index is -1.15. The van der Waals surface area contributed by atoms with E-state index >= 15 is 0 Å². The Morgan fingerprint density at radius 3 is 2.24 bits per heavy atom. The van der Waals surface area contributed by atoms with Gasteiger partial charge in [-0.15, -0.1) is 0 Å². The molecule has 0 saturated carbocycles. The fourth-order valence-electron chi connectivity index (χ4n) is 3.71. The number of hydrogen-bond donors (Lipinski definition) is 1. The molecule has 1 aliphatic carbocycles. The predicted octanol–water partition coefficient (Wildman–Crippen LogP) is 4.03. The molecule has 1 amide bonds. The third-order valence-electron chi connectivity index (χ3n) is 5.72. The van der Waals surface area contributed by atoms with E-state index in [1.165, 1.54) is 13.0 Å². The van der Waals surface area contributed by atoms with Crippen LogP contribution in [-0.2, 0) is 14.3 Å². The number of carbonyl (C=O) groups is 4. The summed E-state index contributed by atoms with van der Waals surface area (Å²) in [5.74, 6) is -1.46. The first kappa shape index (κ1) is 22.9. The number of hydrogen-bond acceptors (Lipinski definition) is 6. The number of benzene rings is 3. The summed E-state index contributed by atoms with van der Waals surface area (Å²) in [6.45, 7) is 4.97. The Bertz CT molecular complexity index is 1330. The minimum absolute atomic E-state index is 0.121. The van der Waals surface area contributed by atoms with Crippen molar-refractivity contribution in [2.45, 2.75) is 26.9 Å². The van der Waals surface area contributed by atoms with Gasteiger partial charge in [0.05, 0.1) is 11.3 Å². The minimum Gasteiger partial charge on any atom is -0.482 e. The fourth-order valence-corrected chi connectivity index (χ4v) is 3.71. The SMILES string of the molecule is Cc1ccc(OCC(=O)OC(C)C(=O)Nc2cccc3c2C(=O)c2ccccc2C3=O)cc1C. The van der Waals surface area contributed by atoms with E-state index in [0.717, 1.165) is 11.1 Å². The van der Waals surface area contributed by atoms with Gasteiger partial charge in [-0.2, -0.15) is 0 Å². The molecule has 1 atom stereocenters. The van der Waals surface area contributed by atoms with Gasteiger partial charge < -0.3 is 14.8 Å². The lowest BCUT2D eigenvalue weighted by Crippen LogP contribution is -2.32. The second-order valence-corrected chi connectivity index (χ2v) is 8.09. The first-order chi connectivity index (χ1) is 16.3. The highest BCUT2D eigenvalue weighted by atomic mass is 16.6. The number of carbonyl (C=O) groups excluding carboxylic acids is 4. The number of rotatable bonds is 6. The van der Waals surface area contributed by atoms with Gasteiger partial charge in [0.1, 0.15) is 5.75 Å². The quantitative estimate of drug-likeness (QED) is 0.439. The number of ketones is 2. The van der Waals surface area contributed by atoms with Crippen LogP contribution in [0, 0.1) is 13.8 Å². The van der Waals surface area contributed by atoms with Gasteiger partial charge >= 0.3 is 5.97 Å². The number of aryl methyl sites for hydroxylation is 2. The molecule has 172 valence electrons. The lowest BCUT2D eigenvalue weighted by atomic mass is 9.83. The number of ether oxygens (including phenoxy) is 2. The van der Waals surface area contributed by atoms with E-state index in [9.17, 15) is 19.2 Å². The van der Waals surface area contributed by atoms with Gasteiger partial charge in [0.15, 0.2) is 24.3 Å². The monoisotopic (exact) mass is 457 g/mol. The zero-order chi connectivity index (χ0) is 24.4. The van der Waals surface area contributed by atoms with Crippen LogP contribution in [0.15, 0.2) is 60.7 Å². The van der Waals surface area contributed by atoms with Crippen molar-refractivity contribution >= 4 is 29.1 Å². The maximum absolute atomic E-state index is 13.1. The molecule has 0 aromatic heterocycles. The lowest BCUT2D eigenvalue weighted by molar-refractivity contribution is -0.155. The third-order valence-corrected chi connectivity index (χ3v) is 5.72. The van der Waals surface area contributed by atoms with Crippen LogP contribution < -0.4 is 10.1 Å². The Kier molecular flexibility index (Phi) is 6.27. The second-order valence-electron chi connectivity index (χ2n) is 8.09. The number of anilines is 1. The van der Waals surface area contributed by atoms with Gasteiger partial charge in [0.25, 0.3) is 5.91 Å². The Morgan fingerprint density at radius 2 is 1.53 bits per heavy atom. The summed E-state index contributed by atoms with van der Waals surface area (Å²) in [5.41, 5.74) is 3.26. The maximum atomic E-state index is 13.1. The summed E-state index contributed by atoms with van der Waals surface area (Å²) < 4.78 is 10.6. The summed E-state index contributed by atoms with van der Waals surface area (Å²) in [7, 11) is 0. The molecule has 4 rings (SSSR count). The van der Waals surface area contributed by atoms with Crippen molar-refractivity contribution in [3.63, 3.8) is 0 Å². The smallest absolute Gasteiger partial charge is 0.344 e. The molecule has 7 heteroatoms. The Balaban J connectivity index is 1.43. The first-order valence-electron chi connectivity index (χ1n) is 10.8. The third kappa shape index (κ3) is 4.45. The van der Waals surface area contributed by atoms with Gasteiger partial charge in [0, 0.05) is 16.7 Å². The summed E-state index contributed by atoms with van der Waals surface area (Å²) in [5, 5.41) is 2.61. The van der Waals surface area contributed by atoms with Crippen molar-refractivity contribution < 1.29 is 28.7 Å². The maximum Gasteiger partial charge on any atom is 0.344 e. The van der Waals surface area contributed by atoms with Gasteiger partial charge in [-0.05, 0) is 50.1 Å². The second kappa shape index (κ2) is 9.31. The van der Waals surface area contributed by atoms with E-state index in [4.69, 9.17) is 9.47 Å². The van der Waals surface area contributed by atoms with E-state index in [0.29, 0.717) is 11.3 Å². The van der Waals surface area contributed by atoms with Gasteiger partial charge in [0.2, 0.25) is 0 Å². The Hall–Kier alpha value is -4.26. The highest BCUT2D eigenvalue weighted by Gasteiger charge is 2.32. The average Bonchev–Trinajstić information content (AvgIpc) is 2.83. The topological polar surface area (TPSA) is 98.8 Å². The molecule has 1 N–H and O–H groups in total. The number of amides is 1. The van der Waals surface area contributed by atoms with E-state index < -0.39 is 18.0 Å². The molecule has 0 spiro atoms. The Morgan fingerprint density at radius 1 is 0.853 bits per heavy atom. The van der Waals surface area contributed by atoms with Crippen LogP contribution in [0.25, 0.3) is 0 Å². The van der Waals surface area contributed by atoms with Crippen LogP contribution in [-0.4, -0.2) is 36.2 Å². The molecule has 0 saturated heterocycles. The molecule has 34 heavy (non-hydrogen) atoms. The normalized spacial score (nSPS) is 12.9. The molecule has 0 bridgehead atoms. The van der Waals surface area contributed by atoms with Crippen LogP contribution in [0.5, 0.6) is 5.75 Å². The first-order valence-corrected chi connectivity index (χ1v) is 10.8. The van der Waals surface area contributed by atoms with Crippen molar-refractivity contribution in [1.29, 1.82) is 0 Å². The van der Waals surface area contributed by atoms with Gasteiger partial charge in [-0.3, -0.25) is 14.4 Å². The van der Waals surface area contributed by atoms with Gasteiger partial charge in [-0.1, -0.05) is 42.5 Å². The number of esters is 1. The summed E-state index contributed by atoms with van der Waals surface area (Å²) >= 11 is 0. The summed E-state index contributed by atoms with van der Waals surface area (Å²) in [6.07, 6.45) is -1.15. The van der Waals surface area contributed by atoms with Crippen molar-refractivity contribution in [1.82, 2.24) is 0 Å². The van der Waals surface area contributed by atoms with Crippen LogP contribution in [0.1, 0.15) is 49.9 Å². The molecular formula is C27H23NO6. The largest absolute Gasteiger partial charge is 0.482 e. The average molecular weight is 457 g/mol. The highest BCUT2D eigenvalue weighted by molar-refractivity contribution is 6.30. The Labute approximate surface area is 196 Å². The molecule has 0 radical (unpaired) electrons. The van der Waals surface area contributed by atoms with Crippen LogP contribution >= 0.6 is 0 Å². The molecule has 7 nitrogen and oxygen atoms in total. The van der Waals surface area contributed by atoms with Crippen molar-refractivity contribution in [2.75, 3.05) is 11.9 Å². The van der Waals surface area contributed by atoms with Crippen LogP contribution in [0.3, 0.4) is 0 Å². The highest BCUT2D eigenvalue weighted by Crippen LogP contribution is 2.32. The lowest BCUT2D eigenvalue weighted by Gasteiger charge is -2.21. The zero-order valence-corrected chi connectivity index (χ0v) is 19.0. The van der Waals surface area contributed by atoms with Crippen molar-refractivity contribution in [3.05, 3.63) is 94.0 Å². The molecule has 3 aromatic carbocycles. The number of nitrogens with one attached hydrogen (secondary N) is 1. The molecule has 0 fully saturated rings. The molecular weight excluding hydrogens is 434 g/mol. The molecule has 1 unspecified atom stereocenters. The number of fused-ring (bicyclic) bond motifs is 2. The van der Waals surface area contributed by atoms with Crippen molar-refractivity contribution in [2.24, 2.45) is 0 Å². The standard InChI is InChI=1S/C27H23NO6/c1-15-11-12-18(13-16(15)2)33-14-23(29)34-17(3)27(32)28-22-10-6-9-21-24(22)26(31)20-8-5-4-7-19(20)25(21)30/h4-13,17H,14H2,1-3H3,(H,28,32). The summed E-state index contributed by atoms with van der Waals surface area (Å²) in [4.78, 5) is 50.8.